The van der Waals surface area contributed by atoms with Gasteiger partial charge in [0.05, 0.1) is 48.9 Å². The van der Waals surface area contributed by atoms with Gasteiger partial charge >= 0.3 is 0 Å². The van der Waals surface area contributed by atoms with Crippen molar-refractivity contribution >= 4 is 28.6 Å². The fourth-order valence-corrected chi connectivity index (χ4v) is 4.79. The predicted molar refractivity (Wildman–Crippen MR) is 135 cm³/mol. The summed E-state index contributed by atoms with van der Waals surface area (Å²) in [6, 6.07) is 3.56. The SMILES string of the molecule is CN(C)CCNC(=O)c1cc(C2CCCN2c2cncc(F)n2)c2nc(N3CCOCC3)cnc2c1. The number of likely N-dealkylation sites (N-methyl/N-ethyl adjacent to an activating group) is 1. The number of hydrogen-bond acceptors (Lipinski definition) is 9. The molecule has 1 amide bonds. The Morgan fingerprint density at radius 2 is 1.97 bits per heavy atom. The topological polar surface area (TPSA) is 99.6 Å². The van der Waals surface area contributed by atoms with Gasteiger partial charge in [-0.25, -0.2) is 4.98 Å². The van der Waals surface area contributed by atoms with Crippen LogP contribution in [-0.2, 0) is 4.74 Å². The Labute approximate surface area is 209 Å². The number of hydrogen-bond donors (Lipinski definition) is 1. The summed E-state index contributed by atoms with van der Waals surface area (Å²) in [5, 5.41) is 2.99. The van der Waals surface area contributed by atoms with Gasteiger partial charge in [-0.05, 0) is 39.1 Å². The number of benzene rings is 1. The van der Waals surface area contributed by atoms with Crippen LogP contribution in [0.2, 0.25) is 0 Å². The summed E-state index contributed by atoms with van der Waals surface area (Å²) in [6.07, 6.45) is 6.16. The first-order chi connectivity index (χ1) is 17.5. The molecular formula is C25H31FN8O2. The fraction of sp³-hybridized carbons (Fsp3) is 0.480. The number of carbonyl (C=O) groups excluding carboxylic acids is 1. The molecule has 0 bridgehead atoms. The molecule has 190 valence electrons. The molecule has 1 aromatic carbocycles. The number of carbonyl (C=O) groups is 1. The molecule has 2 fully saturated rings. The number of anilines is 2. The van der Waals surface area contributed by atoms with Crippen LogP contribution in [0.3, 0.4) is 0 Å². The highest BCUT2D eigenvalue weighted by molar-refractivity contribution is 5.98. The minimum Gasteiger partial charge on any atom is -0.378 e. The molecule has 1 unspecified atom stereocenters. The van der Waals surface area contributed by atoms with Gasteiger partial charge in [0.25, 0.3) is 5.91 Å². The van der Waals surface area contributed by atoms with Crippen LogP contribution in [0.5, 0.6) is 0 Å². The molecule has 3 aromatic rings. The second-order valence-corrected chi connectivity index (χ2v) is 9.37. The molecule has 0 radical (unpaired) electrons. The molecule has 2 aliphatic heterocycles. The van der Waals surface area contributed by atoms with Gasteiger partial charge in [0.1, 0.15) is 5.82 Å². The average molecular weight is 495 g/mol. The maximum atomic E-state index is 13.9. The Morgan fingerprint density at radius 3 is 2.75 bits per heavy atom. The molecule has 5 rings (SSSR count). The summed E-state index contributed by atoms with van der Waals surface area (Å²) >= 11 is 0. The van der Waals surface area contributed by atoms with Crippen molar-refractivity contribution in [1.29, 1.82) is 0 Å². The first-order valence-electron chi connectivity index (χ1n) is 12.3. The van der Waals surface area contributed by atoms with Crippen molar-refractivity contribution in [2.24, 2.45) is 0 Å². The van der Waals surface area contributed by atoms with E-state index in [1.54, 1.807) is 18.5 Å². The lowest BCUT2D eigenvalue weighted by atomic mass is 9.99. The van der Waals surface area contributed by atoms with E-state index in [1.807, 2.05) is 30.0 Å². The lowest BCUT2D eigenvalue weighted by molar-refractivity contribution is 0.0951. The minimum absolute atomic E-state index is 0.132. The van der Waals surface area contributed by atoms with Crippen molar-refractivity contribution < 1.29 is 13.9 Å². The van der Waals surface area contributed by atoms with Crippen molar-refractivity contribution in [3.05, 3.63) is 47.8 Å². The molecule has 11 heteroatoms. The van der Waals surface area contributed by atoms with Crippen molar-refractivity contribution in [3.63, 3.8) is 0 Å². The second kappa shape index (κ2) is 10.7. The predicted octanol–water partition coefficient (Wildman–Crippen LogP) is 2.03. The first kappa shape index (κ1) is 24.3. The number of halogens is 1. The third-order valence-electron chi connectivity index (χ3n) is 6.61. The molecule has 2 aliphatic rings. The number of aromatic nitrogens is 4. The number of morpholine rings is 1. The van der Waals surface area contributed by atoms with E-state index in [9.17, 15) is 9.18 Å². The monoisotopic (exact) mass is 494 g/mol. The van der Waals surface area contributed by atoms with Crippen LogP contribution in [0.4, 0.5) is 16.0 Å². The molecule has 1 atom stereocenters. The minimum atomic E-state index is -0.619. The molecule has 1 N–H and O–H groups in total. The highest BCUT2D eigenvalue weighted by atomic mass is 19.1. The van der Waals surface area contributed by atoms with E-state index >= 15 is 0 Å². The number of rotatable bonds is 7. The molecular weight excluding hydrogens is 463 g/mol. The second-order valence-electron chi connectivity index (χ2n) is 9.37. The van der Waals surface area contributed by atoms with Crippen molar-refractivity contribution in [2.75, 3.05) is 69.8 Å². The maximum absolute atomic E-state index is 13.9. The number of nitrogens with zero attached hydrogens (tertiary/aromatic N) is 7. The summed E-state index contributed by atoms with van der Waals surface area (Å²) in [5.74, 6) is 0.481. The van der Waals surface area contributed by atoms with Gasteiger partial charge in [-0.15, -0.1) is 0 Å². The van der Waals surface area contributed by atoms with E-state index in [0.29, 0.717) is 43.2 Å². The van der Waals surface area contributed by atoms with Crippen molar-refractivity contribution in [2.45, 2.75) is 18.9 Å². The zero-order valence-corrected chi connectivity index (χ0v) is 20.7. The van der Waals surface area contributed by atoms with Gasteiger partial charge in [0.2, 0.25) is 5.95 Å². The quantitative estimate of drug-likeness (QED) is 0.529. The third kappa shape index (κ3) is 5.21. The van der Waals surface area contributed by atoms with Crippen LogP contribution in [0.1, 0.15) is 34.8 Å². The summed E-state index contributed by atoms with van der Waals surface area (Å²) in [4.78, 5) is 37.1. The van der Waals surface area contributed by atoms with E-state index in [4.69, 9.17) is 14.7 Å². The van der Waals surface area contributed by atoms with E-state index in [0.717, 1.165) is 55.6 Å². The maximum Gasteiger partial charge on any atom is 0.251 e. The van der Waals surface area contributed by atoms with Crippen LogP contribution >= 0.6 is 0 Å². The lowest BCUT2D eigenvalue weighted by Gasteiger charge is -2.29. The van der Waals surface area contributed by atoms with Gasteiger partial charge in [-0.3, -0.25) is 14.8 Å². The molecule has 0 spiro atoms. The average Bonchev–Trinajstić information content (AvgIpc) is 3.38. The zero-order valence-electron chi connectivity index (χ0n) is 20.7. The number of ether oxygens (including phenoxy) is 1. The first-order valence-corrected chi connectivity index (χ1v) is 12.3. The molecule has 4 heterocycles. The van der Waals surface area contributed by atoms with Gasteiger partial charge in [0.15, 0.2) is 5.82 Å². The molecule has 36 heavy (non-hydrogen) atoms. The smallest absolute Gasteiger partial charge is 0.251 e. The van der Waals surface area contributed by atoms with Gasteiger partial charge in [0, 0.05) is 43.9 Å². The summed E-state index contributed by atoms with van der Waals surface area (Å²) in [7, 11) is 3.93. The Morgan fingerprint density at radius 1 is 1.14 bits per heavy atom. The summed E-state index contributed by atoms with van der Waals surface area (Å²) in [6.45, 7) is 4.77. The molecule has 0 saturated carbocycles. The number of fused-ring (bicyclic) bond motifs is 1. The molecule has 10 nitrogen and oxygen atoms in total. The Bertz CT molecular complexity index is 1230. The van der Waals surface area contributed by atoms with E-state index in [2.05, 4.69) is 20.2 Å². The van der Waals surface area contributed by atoms with Crippen LogP contribution in [0.15, 0.2) is 30.7 Å². The zero-order chi connectivity index (χ0) is 25.1. The highest BCUT2D eigenvalue weighted by Gasteiger charge is 2.31. The Kier molecular flexibility index (Phi) is 7.19. The Balaban J connectivity index is 1.56. The van der Waals surface area contributed by atoms with Crippen LogP contribution in [-0.4, -0.2) is 90.8 Å². The summed E-state index contributed by atoms with van der Waals surface area (Å²) < 4.78 is 19.4. The Hall–Kier alpha value is -3.44. The van der Waals surface area contributed by atoms with Gasteiger partial charge < -0.3 is 24.8 Å². The number of amides is 1. The summed E-state index contributed by atoms with van der Waals surface area (Å²) in [5.41, 5.74) is 2.81. The van der Waals surface area contributed by atoms with Crippen LogP contribution in [0, 0.1) is 5.95 Å². The largest absolute Gasteiger partial charge is 0.378 e. The van der Waals surface area contributed by atoms with E-state index in [-0.39, 0.29) is 11.9 Å². The van der Waals surface area contributed by atoms with Gasteiger partial charge in [-0.1, -0.05) is 0 Å². The standard InChI is InChI=1S/C25H31FN8O2/c1-32(2)7-5-28-25(35)17-12-18(20-4-3-6-34(20)23-15-27-14-21(26)30-23)24-19(13-17)29-16-22(31-24)33-8-10-36-11-9-33/h12-16,20H,3-11H2,1-2H3,(H,28,35). The highest BCUT2D eigenvalue weighted by Crippen LogP contribution is 2.38. The van der Waals surface area contributed by atoms with E-state index < -0.39 is 5.95 Å². The van der Waals surface area contributed by atoms with Crippen LogP contribution in [0.25, 0.3) is 11.0 Å². The molecule has 2 saturated heterocycles. The van der Waals surface area contributed by atoms with E-state index in [1.165, 1.54) is 0 Å². The lowest BCUT2D eigenvalue weighted by Crippen LogP contribution is -2.36. The molecule has 2 aromatic heterocycles. The fourth-order valence-electron chi connectivity index (χ4n) is 4.79. The van der Waals surface area contributed by atoms with Gasteiger partial charge in [-0.2, -0.15) is 9.37 Å². The number of nitrogens with one attached hydrogen (secondary N) is 1. The van der Waals surface area contributed by atoms with Crippen molar-refractivity contribution in [1.82, 2.24) is 30.2 Å². The third-order valence-corrected chi connectivity index (χ3v) is 6.61. The molecule has 0 aliphatic carbocycles. The van der Waals surface area contributed by atoms with Crippen LogP contribution < -0.4 is 15.1 Å². The normalized spacial score (nSPS) is 18.3. The van der Waals surface area contributed by atoms with Crippen molar-refractivity contribution in [3.8, 4) is 0 Å².